The number of fused-ring (bicyclic) bond motifs is 2. The van der Waals surface area contributed by atoms with Crippen molar-refractivity contribution in [1.29, 1.82) is 0 Å². The summed E-state index contributed by atoms with van der Waals surface area (Å²) in [5.74, 6) is 0.357. The van der Waals surface area contributed by atoms with Gasteiger partial charge >= 0.3 is 6.18 Å². The van der Waals surface area contributed by atoms with E-state index in [2.05, 4.69) is 15.7 Å². The highest BCUT2D eigenvalue weighted by Crippen LogP contribution is 2.44. The molecule has 1 aliphatic heterocycles. The lowest BCUT2D eigenvalue weighted by atomic mass is 9.97. The van der Waals surface area contributed by atoms with Gasteiger partial charge in [0.25, 0.3) is 11.6 Å². The molecule has 2 atom stereocenters. The maximum Gasteiger partial charge on any atom is 0.410 e. The molecule has 0 spiro atoms. The zero-order valence-electron chi connectivity index (χ0n) is 22.9. The highest BCUT2D eigenvalue weighted by molar-refractivity contribution is 6.03. The number of anilines is 2. The van der Waals surface area contributed by atoms with Crippen molar-refractivity contribution in [3.05, 3.63) is 99.2 Å². The Balaban J connectivity index is 1.25. The average Bonchev–Trinajstić information content (AvgIpc) is 3.63. The number of nitro benzene ring substituents is 1. The van der Waals surface area contributed by atoms with Crippen LogP contribution in [0, 0.1) is 10.1 Å². The average molecular weight is 594 g/mol. The van der Waals surface area contributed by atoms with Gasteiger partial charge in [0.1, 0.15) is 23.1 Å². The second-order valence-electron chi connectivity index (χ2n) is 10.4. The number of nitrogens with one attached hydrogen (secondary N) is 2. The molecule has 2 N–H and O–H groups in total. The van der Waals surface area contributed by atoms with Gasteiger partial charge < -0.3 is 20.1 Å². The van der Waals surface area contributed by atoms with Crippen molar-refractivity contribution in [3.63, 3.8) is 0 Å². The van der Waals surface area contributed by atoms with E-state index in [1.165, 1.54) is 30.9 Å². The first kappa shape index (κ1) is 28.1. The Morgan fingerprint density at radius 1 is 1.02 bits per heavy atom. The second-order valence-corrected chi connectivity index (χ2v) is 10.4. The Bertz CT molecular complexity index is 1700. The fourth-order valence-corrected chi connectivity index (χ4v) is 5.50. The van der Waals surface area contributed by atoms with E-state index in [-0.39, 0.29) is 35.1 Å². The molecule has 2 aliphatic rings. The van der Waals surface area contributed by atoms with Gasteiger partial charge in [-0.2, -0.15) is 18.3 Å². The number of nitrogens with zero attached hydrogens (tertiary/aromatic N) is 3. The molecule has 1 aromatic heterocycles. The number of carbonyl (C=O) groups excluding carboxylic acids is 1. The van der Waals surface area contributed by atoms with E-state index in [9.17, 15) is 28.1 Å². The summed E-state index contributed by atoms with van der Waals surface area (Å²) in [6.45, 7) is 0. The molecule has 1 aliphatic carbocycles. The van der Waals surface area contributed by atoms with E-state index in [1.54, 1.807) is 30.3 Å². The predicted octanol–water partition coefficient (Wildman–Crippen LogP) is 6.99. The van der Waals surface area contributed by atoms with Crippen LogP contribution in [0.4, 0.5) is 30.4 Å². The van der Waals surface area contributed by atoms with Crippen LogP contribution in [0.3, 0.4) is 0 Å². The van der Waals surface area contributed by atoms with Crippen molar-refractivity contribution >= 4 is 23.1 Å². The molecule has 6 rings (SSSR count). The van der Waals surface area contributed by atoms with Crippen LogP contribution in [-0.2, 0) is 12.8 Å². The van der Waals surface area contributed by atoms with E-state index in [4.69, 9.17) is 9.47 Å². The van der Waals surface area contributed by atoms with E-state index < -0.39 is 29.1 Å². The first-order valence-corrected chi connectivity index (χ1v) is 13.5. The van der Waals surface area contributed by atoms with Gasteiger partial charge in [-0.15, -0.1) is 0 Å². The molecule has 0 bridgehead atoms. The Morgan fingerprint density at radius 3 is 2.49 bits per heavy atom. The number of hydrogen-bond acceptors (Lipinski definition) is 7. The number of benzene rings is 3. The number of non-ortho nitro benzene ring substituents is 1. The SMILES string of the molecule is COc1ccc([C@@H]2C[C@@H](C(F)(F)F)n3nc(C(=O)Nc4cc(Oc5ccc6c(c5)CCC6)cc([N+](=O)[O-])c4)cc3N2)cc1. The fourth-order valence-electron chi connectivity index (χ4n) is 5.50. The minimum Gasteiger partial charge on any atom is -0.497 e. The topological polar surface area (TPSA) is 121 Å². The standard InChI is InChI=1S/C30H26F3N5O5/c1-42-22-8-6-18(7-9-22)25-15-27(30(31,32)33)37-28(35-25)16-26(36-37)29(39)34-20-12-21(38(40)41)14-24(13-20)43-23-10-5-17-3-2-4-19(17)11-23/h5-14,16,25,27,35H,2-4,15H2,1H3,(H,34,39)/t25-,27-/m0/s1. The Hall–Kier alpha value is -5.07. The van der Waals surface area contributed by atoms with Crippen molar-refractivity contribution in [3.8, 4) is 17.2 Å². The van der Waals surface area contributed by atoms with E-state index in [0.717, 1.165) is 35.6 Å². The third kappa shape index (κ3) is 5.83. The van der Waals surface area contributed by atoms with E-state index >= 15 is 0 Å². The molecule has 0 saturated carbocycles. The van der Waals surface area contributed by atoms with Crippen molar-refractivity contribution in [2.24, 2.45) is 0 Å². The summed E-state index contributed by atoms with van der Waals surface area (Å²) in [6, 6.07) is 14.6. The Labute approximate surface area is 243 Å². The predicted molar refractivity (Wildman–Crippen MR) is 151 cm³/mol. The highest BCUT2D eigenvalue weighted by Gasteiger charge is 2.46. The number of methoxy groups -OCH3 is 1. The molecule has 1 amide bonds. The van der Waals surface area contributed by atoms with Crippen molar-refractivity contribution in [2.45, 2.75) is 43.9 Å². The van der Waals surface area contributed by atoms with Crippen LogP contribution in [-0.4, -0.2) is 33.9 Å². The van der Waals surface area contributed by atoms with E-state index in [1.807, 2.05) is 12.1 Å². The fraction of sp³-hybridized carbons (Fsp3) is 0.267. The number of hydrogen-bond donors (Lipinski definition) is 2. The molecule has 0 fully saturated rings. The maximum atomic E-state index is 14.1. The number of rotatable bonds is 7. The monoisotopic (exact) mass is 593 g/mol. The summed E-state index contributed by atoms with van der Waals surface area (Å²) < 4.78 is 54.1. The number of nitro groups is 1. The van der Waals surface area contributed by atoms with Crippen molar-refractivity contribution in [2.75, 3.05) is 17.7 Å². The lowest BCUT2D eigenvalue weighted by Crippen LogP contribution is -2.35. The van der Waals surface area contributed by atoms with Crippen LogP contribution in [0.2, 0.25) is 0 Å². The van der Waals surface area contributed by atoms with Crippen molar-refractivity contribution < 1.29 is 32.4 Å². The van der Waals surface area contributed by atoms with Crippen LogP contribution >= 0.6 is 0 Å². The Morgan fingerprint density at radius 2 is 1.77 bits per heavy atom. The summed E-state index contributed by atoms with van der Waals surface area (Å²) in [5, 5.41) is 21.1. The summed E-state index contributed by atoms with van der Waals surface area (Å²) >= 11 is 0. The summed E-state index contributed by atoms with van der Waals surface area (Å²) in [6.07, 6.45) is -2.03. The molecule has 43 heavy (non-hydrogen) atoms. The van der Waals surface area contributed by atoms with Crippen LogP contribution in [0.5, 0.6) is 17.2 Å². The molecule has 13 heteroatoms. The number of halogens is 3. The van der Waals surface area contributed by atoms with Crippen LogP contribution in [0.25, 0.3) is 0 Å². The molecular weight excluding hydrogens is 567 g/mol. The van der Waals surface area contributed by atoms with Gasteiger partial charge in [0.05, 0.1) is 29.8 Å². The molecule has 4 aromatic rings. The third-order valence-electron chi connectivity index (χ3n) is 7.61. The molecular formula is C30H26F3N5O5. The number of carbonyl (C=O) groups is 1. The molecule has 0 unspecified atom stereocenters. The van der Waals surface area contributed by atoms with Gasteiger partial charge in [-0.1, -0.05) is 18.2 Å². The summed E-state index contributed by atoms with van der Waals surface area (Å²) in [4.78, 5) is 24.2. The second kappa shape index (κ2) is 11.0. The smallest absolute Gasteiger partial charge is 0.410 e. The number of alkyl halides is 3. The molecule has 10 nitrogen and oxygen atoms in total. The van der Waals surface area contributed by atoms with Crippen LogP contribution in [0.15, 0.2) is 66.7 Å². The van der Waals surface area contributed by atoms with Gasteiger partial charge in [-0.3, -0.25) is 14.9 Å². The quantitative estimate of drug-likeness (QED) is 0.175. The van der Waals surface area contributed by atoms with Gasteiger partial charge in [0.2, 0.25) is 0 Å². The van der Waals surface area contributed by atoms with Gasteiger partial charge in [-0.05, 0) is 60.2 Å². The van der Waals surface area contributed by atoms with Crippen LogP contribution in [0.1, 0.15) is 52.1 Å². The lowest BCUT2D eigenvalue weighted by molar-refractivity contribution is -0.384. The number of aromatic nitrogens is 2. The molecule has 222 valence electrons. The minimum absolute atomic E-state index is 0.0132. The summed E-state index contributed by atoms with van der Waals surface area (Å²) in [7, 11) is 1.49. The zero-order chi connectivity index (χ0) is 30.3. The van der Waals surface area contributed by atoms with Crippen LogP contribution < -0.4 is 20.1 Å². The molecule has 0 radical (unpaired) electrons. The third-order valence-corrected chi connectivity index (χ3v) is 7.61. The maximum absolute atomic E-state index is 14.1. The number of aryl methyl sites for hydroxylation is 2. The lowest BCUT2D eigenvalue weighted by Gasteiger charge is -2.33. The first-order valence-electron chi connectivity index (χ1n) is 13.5. The molecule has 2 heterocycles. The number of ether oxygens (including phenoxy) is 2. The van der Waals surface area contributed by atoms with E-state index in [0.29, 0.717) is 17.1 Å². The molecule has 0 saturated heterocycles. The van der Waals surface area contributed by atoms with Crippen molar-refractivity contribution in [1.82, 2.24) is 9.78 Å². The number of amides is 1. The largest absolute Gasteiger partial charge is 0.497 e. The normalized spacial score (nSPS) is 17.4. The summed E-state index contributed by atoms with van der Waals surface area (Å²) in [5.41, 5.74) is 2.40. The van der Waals surface area contributed by atoms with Gasteiger partial charge in [0, 0.05) is 24.6 Å². The van der Waals surface area contributed by atoms with Gasteiger partial charge in [-0.25, -0.2) is 4.68 Å². The minimum atomic E-state index is -4.63. The Kier molecular flexibility index (Phi) is 7.16. The molecule has 3 aromatic carbocycles. The zero-order valence-corrected chi connectivity index (χ0v) is 22.9. The highest BCUT2D eigenvalue weighted by atomic mass is 19.4. The first-order chi connectivity index (χ1) is 20.6. The van der Waals surface area contributed by atoms with Gasteiger partial charge in [0.15, 0.2) is 11.7 Å².